The molecule has 0 bridgehead atoms. The predicted octanol–water partition coefficient (Wildman–Crippen LogP) is 4.30. The van der Waals surface area contributed by atoms with E-state index in [2.05, 4.69) is 41.1 Å². The van der Waals surface area contributed by atoms with Gasteiger partial charge in [0, 0.05) is 7.05 Å². The Morgan fingerprint density at radius 3 is 1.80 bits per heavy atom. The quantitative estimate of drug-likeness (QED) is 0.740. The lowest BCUT2D eigenvalue weighted by Gasteiger charge is -2.46. The van der Waals surface area contributed by atoms with Crippen molar-refractivity contribution in [2.24, 2.45) is 0 Å². The Kier molecular flexibility index (Phi) is 5.51. The summed E-state index contributed by atoms with van der Waals surface area (Å²) >= 11 is 7.34. The van der Waals surface area contributed by atoms with Crippen LogP contribution in [-0.4, -0.2) is 42.4 Å². The third kappa shape index (κ3) is 3.61. The number of rotatable bonds is 4. The largest absolute Gasteiger partial charge is 0.497 e. The van der Waals surface area contributed by atoms with Gasteiger partial charge in [0.2, 0.25) is 0 Å². The first kappa shape index (κ1) is 18.0. The molecule has 4 nitrogen and oxygen atoms in total. The Labute approximate surface area is 158 Å². The van der Waals surface area contributed by atoms with Gasteiger partial charge in [0.25, 0.3) is 0 Å². The van der Waals surface area contributed by atoms with Crippen molar-refractivity contribution in [3.8, 4) is 11.5 Å². The molecule has 1 aliphatic heterocycles. The lowest BCUT2D eigenvalue weighted by atomic mass is 10.1. The highest BCUT2D eigenvalue weighted by molar-refractivity contribution is 8.23. The summed E-state index contributed by atoms with van der Waals surface area (Å²) in [4.78, 5) is 4.48. The van der Waals surface area contributed by atoms with Crippen LogP contribution in [0.4, 0.5) is 0 Å². The molecule has 0 saturated carbocycles. The molecule has 132 valence electrons. The molecule has 2 aromatic rings. The van der Waals surface area contributed by atoms with Crippen LogP contribution in [0.5, 0.6) is 11.5 Å². The predicted molar refractivity (Wildman–Crippen MR) is 107 cm³/mol. The summed E-state index contributed by atoms with van der Waals surface area (Å²) < 4.78 is 11.4. The molecule has 0 N–H and O–H groups in total. The average molecular weight is 375 g/mol. The highest BCUT2D eigenvalue weighted by atomic mass is 32.2. The van der Waals surface area contributed by atoms with E-state index in [4.69, 9.17) is 21.7 Å². The monoisotopic (exact) mass is 374 g/mol. The third-order valence-corrected chi connectivity index (χ3v) is 6.33. The second-order valence-electron chi connectivity index (χ2n) is 5.93. The third-order valence-electron chi connectivity index (χ3n) is 4.44. The summed E-state index contributed by atoms with van der Waals surface area (Å²) in [6.45, 7) is 0. The van der Waals surface area contributed by atoms with Crippen molar-refractivity contribution in [1.82, 2.24) is 9.80 Å². The summed E-state index contributed by atoms with van der Waals surface area (Å²) in [6.07, 6.45) is 0.0757. The Morgan fingerprint density at radius 1 is 0.840 bits per heavy atom. The molecule has 0 aromatic heterocycles. The van der Waals surface area contributed by atoms with Crippen LogP contribution in [-0.2, 0) is 0 Å². The minimum Gasteiger partial charge on any atom is -0.497 e. The van der Waals surface area contributed by atoms with Gasteiger partial charge in [-0.25, -0.2) is 0 Å². The molecule has 1 fully saturated rings. The van der Waals surface area contributed by atoms with Crippen LogP contribution in [0.15, 0.2) is 48.5 Å². The molecule has 6 heteroatoms. The zero-order valence-electron chi connectivity index (χ0n) is 14.8. The van der Waals surface area contributed by atoms with E-state index in [1.165, 1.54) is 11.1 Å². The fourth-order valence-corrected chi connectivity index (χ4v) is 4.47. The van der Waals surface area contributed by atoms with Crippen LogP contribution >= 0.6 is 24.0 Å². The Hall–Kier alpha value is -1.76. The van der Waals surface area contributed by atoms with Crippen LogP contribution in [0.2, 0.25) is 0 Å². The highest BCUT2D eigenvalue weighted by Gasteiger charge is 2.36. The molecule has 1 saturated heterocycles. The van der Waals surface area contributed by atoms with Crippen LogP contribution in [0, 0.1) is 0 Å². The topological polar surface area (TPSA) is 24.9 Å². The van der Waals surface area contributed by atoms with E-state index in [1.807, 2.05) is 31.3 Å². The van der Waals surface area contributed by atoms with Crippen molar-refractivity contribution in [2.45, 2.75) is 11.5 Å². The second-order valence-corrected chi connectivity index (χ2v) is 7.65. The van der Waals surface area contributed by atoms with Crippen LogP contribution in [0.3, 0.4) is 0 Å². The summed E-state index contributed by atoms with van der Waals surface area (Å²) in [5.74, 6) is 1.71. The lowest BCUT2D eigenvalue weighted by molar-refractivity contribution is 0.122. The van der Waals surface area contributed by atoms with Crippen molar-refractivity contribution >= 4 is 28.3 Å². The van der Waals surface area contributed by atoms with Crippen LogP contribution in [0.1, 0.15) is 22.7 Å². The molecule has 1 heterocycles. The molecule has 3 rings (SSSR count). The first-order valence-electron chi connectivity index (χ1n) is 7.98. The minimum absolute atomic E-state index is 0.0757. The second kappa shape index (κ2) is 7.64. The molecule has 0 radical (unpaired) electrons. The fourth-order valence-electron chi connectivity index (χ4n) is 3.07. The van der Waals surface area contributed by atoms with Gasteiger partial charge in [-0.15, -0.1) is 0 Å². The van der Waals surface area contributed by atoms with Crippen LogP contribution in [0.25, 0.3) is 0 Å². The lowest BCUT2D eigenvalue weighted by Crippen LogP contribution is -2.45. The molecule has 2 atom stereocenters. The smallest absolute Gasteiger partial charge is 0.139 e. The zero-order valence-corrected chi connectivity index (χ0v) is 16.4. The molecule has 0 aliphatic carbocycles. The Morgan fingerprint density at radius 2 is 1.32 bits per heavy atom. The van der Waals surface area contributed by atoms with E-state index >= 15 is 0 Å². The number of hydrogen-bond acceptors (Lipinski definition) is 5. The Bertz CT molecular complexity index is 734. The van der Waals surface area contributed by atoms with E-state index in [0.29, 0.717) is 0 Å². The van der Waals surface area contributed by atoms with Gasteiger partial charge < -0.3 is 14.4 Å². The van der Waals surface area contributed by atoms with E-state index in [-0.39, 0.29) is 11.5 Å². The standard InChI is InChI=1S/C19H22N2O2S2/c1-20-17(13-5-9-15(22-3)10-6-13)21(2)19(24)25-18(20)14-7-11-16(23-4)12-8-14/h5-12,17-18H,1-4H3/t17-,18+/m1/s1. The summed E-state index contributed by atoms with van der Waals surface area (Å²) in [5, 5.41) is 0.154. The Balaban J connectivity index is 1.92. The van der Waals surface area contributed by atoms with Gasteiger partial charge in [-0.3, -0.25) is 4.90 Å². The molecule has 25 heavy (non-hydrogen) atoms. The number of thiocarbonyl (C=S) groups is 1. The van der Waals surface area contributed by atoms with Gasteiger partial charge >= 0.3 is 0 Å². The van der Waals surface area contributed by atoms with Gasteiger partial charge in [-0.2, -0.15) is 0 Å². The first-order chi connectivity index (χ1) is 12.0. The maximum Gasteiger partial charge on any atom is 0.139 e. The van der Waals surface area contributed by atoms with Crippen molar-refractivity contribution < 1.29 is 9.47 Å². The van der Waals surface area contributed by atoms with E-state index in [1.54, 1.807) is 26.0 Å². The zero-order chi connectivity index (χ0) is 18.0. The van der Waals surface area contributed by atoms with Gasteiger partial charge in [0.05, 0.1) is 19.6 Å². The maximum absolute atomic E-state index is 5.65. The van der Waals surface area contributed by atoms with Gasteiger partial charge in [0.1, 0.15) is 22.0 Å². The average Bonchev–Trinajstić information content (AvgIpc) is 2.65. The van der Waals surface area contributed by atoms with Crippen molar-refractivity contribution in [3.63, 3.8) is 0 Å². The van der Waals surface area contributed by atoms with E-state index < -0.39 is 0 Å². The maximum atomic E-state index is 5.65. The minimum atomic E-state index is 0.0757. The fraction of sp³-hybridized carbons (Fsp3) is 0.316. The number of methoxy groups -OCH3 is 2. The molecule has 0 unspecified atom stereocenters. The number of thioether (sulfide) groups is 1. The summed E-state index contributed by atoms with van der Waals surface area (Å²) in [6, 6.07) is 16.4. The van der Waals surface area contributed by atoms with Crippen LogP contribution < -0.4 is 9.47 Å². The van der Waals surface area contributed by atoms with Gasteiger partial charge in [-0.05, 0) is 42.4 Å². The van der Waals surface area contributed by atoms with Crippen molar-refractivity contribution in [3.05, 3.63) is 59.7 Å². The molecule has 2 aromatic carbocycles. The summed E-state index contributed by atoms with van der Waals surface area (Å²) in [7, 11) is 7.54. The summed E-state index contributed by atoms with van der Waals surface area (Å²) in [5.41, 5.74) is 2.40. The number of benzene rings is 2. The van der Waals surface area contributed by atoms with Crippen molar-refractivity contribution in [2.75, 3.05) is 28.3 Å². The first-order valence-corrected chi connectivity index (χ1v) is 9.27. The van der Waals surface area contributed by atoms with Gasteiger partial charge in [-0.1, -0.05) is 48.2 Å². The normalized spacial score (nSPS) is 21.3. The van der Waals surface area contributed by atoms with Crippen molar-refractivity contribution in [1.29, 1.82) is 0 Å². The highest BCUT2D eigenvalue weighted by Crippen LogP contribution is 2.45. The van der Waals surface area contributed by atoms with E-state index in [0.717, 1.165) is 15.8 Å². The molecular weight excluding hydrogens is 352 g/mol. The number of hydrogen-bond donors (Lipinski definition) is 0. The number of ether oxygens (including phenoxy) is 2. The van der Waals surface area contributed by atoms with E-state index in [9.17, 15) is 0 Å². The molecule has 1 aliphatic rings. The molecule has 0 amide bonds. The SMILES string of the molecule is COc1ccc([C@@H]2SC(=S)N(C)[C@H](c3ccc(OC)cc3)N2C)cc1. The molecule has 0 spiro atoms. The number of nitrogens with zero attached hydrogens (tertiary/aromatic N) is 2. The van der Waals surface area contributed by atoms with Gasteiger partial charge in [0.15, 0.2) is 0 Å². The molecular formula is C19H22N2O2S2.